The van der Waals surface area contributed by atoms with Crippen molar-refractivity contribution < 1.29 is 9.47 Å². The van der Waals surface area contributed by atoms with Crippen molar-refractivity contribution in [1.29, 1.82) is 0 Å². The Labute approximate surface area is 132 Å². The molecular formula is C19H23NO2. The number of rotatable bonds is 5. The minimum absolute atomic E-state index is 0.514. The van der Waals surface area contributed by atoms with Crippen molar-refractivity contribution in [3.05, 3.63) is 59.7 Å². The summed E-state index contributed by atoms with van der Waals surface area (Å²) in [7, 11) is 3.36. The van der Waals surface area contributed by atoms with E-state index in [-0.39, 0.29) is 0 Å². The zero-order valence-corrected chi connectivity index (χ0v) is 13.2. The molecule has 0 aliphatic carbocycles. The second-order valence-electron chi connectivity index (χ2n) is 5.83. The third-order valence-electron chi connectivity index (χ3n) is 4.52. The van der Waals surface area contributed by atoms with E-state index in [1.807, 2.05) is 6.07 Å². The SMILES string of the molecule is COc1ccc(C2CNCC2Cc2ccccc2)cc1OC. The number of benzene rings is 2. The van der Waals surface area contributed by atoms with E-state index in [1.54, 1.807) is 14.2 Å². The molecule has 2 atom stereocenters. The van der Waals surface area contributed by atoms with Crippen molar-refractivity contribution in [2.24, 2.45) is 5.92 Å². The molecule has 0 saturated carbocycles. The predicted molar refractivity (Wildman–Crippen MR) is 88.8 cm³/mol. The van der Waals surface area contributed by atoms with Gasteiger partial charge in [0, 0.05) is 12.5 Å². The van der Waals surface area contributed by atoms with Crippen molar-refractivity contribution in [2.75, 3.05) is 27.3 Å². The minimum atomic E-state index is 0.514. The molecule has 1 heterocycles. The van der Waals surface area contributed by atoms with Crippen molar-refractivity contribution in [3.63, 3.8) is 0 Å². The van der Waals surface area contributed by atoms with E-state index in [4.69, 9.17) is 9.47 Å². The predicted octanol–water partition coefficient (Wildman–Crippen LogP) is 3.25. The molecule has 0 bridgehead atoms. The maximum absolute atomic E-state index is 5.44. The molecule has 2 aromatic carbocycles. The Balaban J connectivity index is 1.81. The van der Waals surface area contributed by atoms with Gasteiger partial charge in [0.05, 0.1) is 14.2 Å². The van der Waals surface area contributed by atoms with E-state index in [0.29, 0.717) is 11.8 Å². The van der Waals surface area contributed by atoms with Crippen molar-refractivity contribution in [3.8, 4) is 11.5 Å². The summed E-state index contributed by atoms with van der Waals surface area (Å²) in [5.41, 5.74) is 2.73. The summed E-state index contributed by atoms with van der Waals surface area (Å²) >= 11 is 0. The number of ether oxygens (including phenoxy) is 2. The number of methoxy groups -OCH3 is 2. The Morgan fingerprint density at radius 2 is 1.73 bits per heavy atom. The molecule has 0 amide bonds. The highest BCUT2D eigenvalue weighted by atomic mass is 16.5. The van der Waals surface area contributed by atoms with Gasteiger partial charge < -0.3 is 14.8 Å². The lowest BCUT2D eigenvalue weighted by atomic mass is 9.84. The molecule has 2 unspecified atom stereocenters. The van der Waals surface area contributed by atoms with Crippen LogP contribution in [0.1, 0.15) is 17.0 Å². The second-order valence-corrected chi connectivity index (χ2v) is 5.83. The van der Waals surface area contributed by atoms with Crippen LogP contribution >= 0.6 is 0 Å². The minimum Gasteiger partial charge on any atom is -0.493 e. The number of hydrogen-bond acceptors (Lipinski definition) is 3. The van der Waals surface area contributed by atoms with Crippen LogP contribution in [0.2, 0.25) is 0 Å². The second kappa shape index (κ2) is 6.84. The van der Waals surface area contributed by atoms with Crippen molar-refractivity contribution in [2.45, 2.75) is 12.3 Å². The molecule has 1 aliphatic rings. The molecule has 1 saturated heterocycles. The molecule has 1 fully saturated rings. The summed E-state index contributed by atoms with van der Waals surface area (Å²) in [4.78, 5) is 0. The van der Waals surface area contributed by atoms with Crippen LogP contribution in [0.5, 0.6) is 11.5 Å². The third kappa shape index (κ3) is 3.09. The average Bonchev–Trinajstić information content (AvgIpc) is 3.03. The molecule has 3 nitrogen and oxygen atoms in total. The molecule has 116 valence electrons. The first kappa shape index (κ1) is 14.9. The van der Waals surface area contributed by atoms with Gasteiger partial charge in [-0.3, -0.25) is 0 Å². The number of hydrogen-bond donors (Lipinski definition) is 1. The smallest absolute Gasteiger partial charge is 0.160 e. The van der Waals surface area contributed by atoms with Crippen LogP contribution in [-0.4, -0.2) is 27.3 Å². The molecule has 22 heavy (non-hydrogen) atoms. The van der Waals surface area contributed by atoms with Gasteiger partial charge in [0.25, 0.3) is 0 Å². The third-order valence-corrected chi connectivity index (χ3v) is 4.52. The Bertz CT molecular complexity index is 612. The van der Waals surface area contributed by atoms with Crippen LogP contribution in [-0.2, 0) is 6.42 Å². The molecule has 3 heteroatoms. The van der Waals surface area contributed by atoms with Gasteiger partial charge in [-0.2, -0.15) is 0 Å². The maximum Gasteiger partial charge on any atom is 0.160 e. The Hall–Kier alpha value is -2.00. The van der Waals surface area contributed by atoms with Crippen LogP contribution in [0.15, 0.2) is 48.5 Å². The standard InChI is InChI=1S/C19H23NO2/c1-21-18-9-8-15(11-19(18)22-2)17-13-20-12-16(17)10-14-6-4-3-5-7-14/h3-9,11,16-17,20H,10,12-13H2,1-2H3. The molecule has 2 aromatic rings. The Morgan fingerprint density at radius 1 is 0.955 bits per heavy atom. The largest absolute Gasteiger partial charge is 0.493 e. The monoisotopic (exact) mass is 297 g/mol. The van der Waals surface area contributed by atoms with Crippen molar-refractivity contribution >= 4 is 0 Å². The van der Waals surface area contributed by atoms with Gasteiger partial charge in [-0.25, -0.2) is 0 Å². The summed E-state index contributed by atoms with van der Waals surface area (Å²) in [6, 6.07) is 17.0. The van der Waals surface area contributed by atoms with Crippen LogP contribution in [0.4, 0.5) is 0 Å². The lowest BCUT2D eigenvalue weighted by Crippen LogP contribution is -2.14. The van der Waals surface area contributed by atoms with Crippen LogP contribution < -0.4 is 14.8 Å². The zero-order valence-electron chi connectivity index (χ0n) is 13.2. The molecule has 1 N–H and O–H groups in total. The molecule has 1 aliphatic heterocycles. The van der Waals surface area contributed by atoms with Gasteiger partial charge in [-0.15, -0.1) is 0 Å². The van der Waals surface area contributed by atoms with Gasteiger partial charge >= 0.3 is 0 Å². The number of nitrogens with one attached hydrogen (secondary N) is 1. The van der Waals surface area contributed by atoms with Crippen molar-refractivity contribution in [1.82, 2.24) is 5.32 Å². The van der Waals surface area contributed by atoms with E-state index < -0.39 is 0 Å². The zero-order chi connectivity index (χ0) is 15.4. The quantitative estimate of drug-likeness (QED) is 0.919. The molecule has 3 rings (SSSR count). The molecule has 0 aromatic heterocycles. The fourth-order valence-corrected chi connectivity index (χ4v) is 3.34. The van der Waals surface area contributed by atoms with Gasteiger partial charge in [0.1, 0.15) is 0 Å². The molecular weight excluding hydrogens is 274 g/mol. The highest BCUT2D eigenvalue weighted by molar-refractivity contribution is 5.44. The fraction of sp³-hybridized carbons (Fsp3) is 0.368. The van der Waals surface area contributed by atoms with Crippen LogP contribution in [0, 0.1) is 5.92 Å². The topological polar surface area (TPSA) is 30.5 Å². The van der Waals surface area contributed by atoms with E-state index in [2.05, 4.69) is 47.8 Å². The summed E-state index contributed by atoms with van der Waals surface area (Å²) in [5.74, 6) is 2.72. The lowest BCUT2D eigenvalue weighted by Gasteiger charge is -2.20. The first-order chi connectivity index (χ1) is 10.8. The normalized spacial score (nSPS) is 20.8. The summed E-state index contributed by atoms with van der Waals surface area (Å²) < 4.78 is 10.8. The van der Waals surface area contributed by atoms with Crippen LogP contribution in [0.3, 0.4) is 0 Å². The van der Waals surface area contributed by atoms with E-state index in [9.17, 15) is 0 Å². The van der Waals surface area contributed by atoms with E-state index in [0.717, 1.165) is 31.0 Å². The van der Waals surface area contributed by atoms with Crippen LogP contribution in [0.25, 0.3) is 0 Å². The van der Waals surface area contributed by atoms with Gasteiger partial charge in [0.2, 0.25) is 0 Å². The van der Waals surface area contributed by atoms with E-state index in [1.165, 1.54) is 11.1 Å². The first-order valence-corrected chi connectivity index (χ1v) is 7.78. The van der Waals surface area contributed by atoms with Gasteiger partial charge in [-0.1, -0.05) is 36.4 Å². The maximum atomic E-state index is 5.44. The average molecular weight is 297 g/mol. The fourth-order valence-electron chi connectivity index (χ4n) is 3.34. The highest BCUT2D eigenvalue weighted by Gasteiger charge is 2.29. The highest BCUT2D eigenvalue weighted by Crippen LogP contribution is 2.36. The summed E-state index contributed by atoms with van der Waals surface area (Å²) in [5, 5.41) is 3.54. The Kier molecular flexibility index (Phi) is 4.64. The lowest BCUT2D eigenvalue weighted by molar-refractivity contribution is 0.354. The van der Waals surface area contributed by atoms with E-state index >= 15 is 0 Å². The molecule has 0 spiro atoms. The van der Waals surface area contributed by atoms with Gasteiger partial charge in [0.15, 0.2) is 11.5 Å². The Morgan fingerprint density at radius 3 is 2.45 bits per heavy atom. The first-order valence-electron chi connectivity index (χ1n) is 7.78. The molecule has 0 radical (unpaired) electrons. The summed E-state index contributed by atoms with van der Waals surface area (Å²) in [6.07, 6.45) is 1.10. The van der Waals surface area contributed by atoms with Gasteiger partial charge in [-0.05, 0) is 42.1 Å². The summed E-state index contributed by atoms with van der Waals surface area (Å²) in [6.45, 7) is 2.08.